The molecule has 0 spiro atoms. The number of fused-ring (bicyclic) bond motifs is 1. The number of amides is 2. The fourth-order valence-electron chi connectivity index (χ4n) is 3.78. The molecule has 8 heteroatoms. The maximum absolute atomic E-state index is 13.2. The molecule has 4 rings (SSSR count). The molecule has 1 aliphatic heterocycles. The lowest BCUT2D eigenvalue weighted by atomic mass is 10.0. The Morgan fingerprint density at radius 2 is 1.97 bits per heavy atom. The molecule has 0 radical (unpaired) electrons. The molecule has 0 saturated carbocycles. The molecular weight excluding hydrogens is 456 g/mol. The Morgan fingerprint density at radius 3 is 2.69 bits per heavy atom. The molecule has 0 fully saturated rings. The number of likely N-dealkylation sites (N-methyl/N-ethyl adjacent to an activating group) is 1. The highest BCUT2D eigenvalue weighted by Crippen LogP contribution is 2.28. The minimum absolute atomic E-state index is 0.147. The van der Waals surface area contributed by atoms with Gasteiger partial charge in [-0.25, -0.2) is 0 Å². The summed E-state index contributed by atoms with van der Waals surface area (Å²) in [5.74, 6) is 6.03. The van der Waals surface area contributed by atoms with Gasteiger partial charge in [0, 0.05) is 36.3 Å². The number of pyridine rings is 2. The number of ether oxygens (including phenoxy) is 1. The Bertz CT molecular complexity index is 1350. The Morgan fingerprint density at radius 1 is 1.17 bits per heavy atom. The van der Waals surface area contributed by atoms with Crippen molar-refractivity contribution < 1.29 is 19.4 Å². The standard InChI is InChI=1S/C28H28N4O4/c1-18-5-9-22(17-30-18)36-21-12-14-29-24(16-21)26(33)31-23-10-8-20-7-6-19(11-13-28(2,3)35)15-25(20)32(4)27(23)34/h5-7,9,12,14-17,23,35H,8,10H2,1-4H3,(H,31,33). The van der Waals surface area contributed by atoms with Gasteiger partial charge >= 0.3 is 0 Å². The van der Waals surface area contributed by atoms with Gasteiger partial charge in [-0.15, -0.1) is 0 Å². The summed E-state index contributed by atoms with van der Waals surface area (Å²) >= 11 is 0. The van der Waals surface area contributed by atoms with Crippen LogP contribution in [0.4, 0.5) is 5.69 Å². The Kier molecular flexibility index (Phi) is 7.04. The van der Waals surface area contributed by atoms with E-state index in [0.29, 0.717) is 29.9 Å². The lowest BCUT2D eigenvalue weighted by Crippen LogP contribution is -2.46. The third-order valence-corrected chi connectivity index (χ3v) is 5.68. The van der Waals surface area contributed by atoms with Crippen LogP contribution in [0.1, 0.15) is 47.6 Å². The van der Waals surface area contributed by atoms with E-state index in [-0.39, 0.29) is 11.6 Å². The molecule has 0 bridgehead atoms. The van der Waals surface area contributed by atoms with Crippen LogP contribution in [-0.4, -0.2) is 45.6 Å². The number of carbonyl (C=O) groups is 2. The van der Waals surface area contributed by atoms with Crippen LogP contribution in [0.2, 0.25) is 0 Å². The minimum atomic E-state index is -1.11. The predicted molar refractivity (Wildman–Crippen MR) is 136 cm³/mol. The molecular formula is C28H28N4O4. The predicted octanol–water partition coefficient (Wildman–Crippen LogP) is 3.41. The fourth-order valence-corrected chi connectivity index (χ4v) is 3.78. The van der Waals surface area contributed by atoms with E-state index in [0.717, 1.165) is 16.9 Å². The number of benzene rings is 1. The Balaban J connectivity index is 1.48. The molecule has 3 heterocycles. The van der Waals surface area contributed by atoms with Gasteiger partial charge in [0.05, 0.1) is 6.20 Å². The molecule has 1 atom stereocenters. The third kappa shape index (κ3) is 6.06. The first-order valence-electron chi connectivity index (χ1n) is 11.6. The van der Waals surface area contributed by atoms with E-state index in [1.54, 1.807) is 44.1 Å². The molecule has 2 amide bonds. The van der Waals surface area contributed by atoms with Crippen molar-refractivity contribution in [3.8, 4) is 23.3 Å². The molecule has 3 aromatic rings. The van der Waals surface area contributed by atoms with Gasteiger partial charge in [-0.1, -0.05) is 17.9 Å². The van der Waals surface area contributed by atoms with E-state index in [4.69, 9.17) is 4.74 Å². The fraction of sp³-hybridized carbons (Fsp3) is 0.286. The van der Waals surface area contributed by atoms with Gasteiger partial charge in [0.15, 0.2) is 0 Å². The highest BCUT2D eigenvalue weighted by atomic mass is 16.5. The normalized spacial score (nSPS) is 15.3. The molecule has 0 aliphatic carbocycles. The maximum Gasteiger partial charge on any atom is 0.270 e. The second-order valence-electron chi connectivity index (χ2n) is 9.23. The summed E-state index contributed by atoms with van der Waals surface area (Å²) < 4.78 is 5.78. The monoisotopic (exact) mass is 484 g/mol. The van der Waals surface area contributed by atoms with Crippen molar-refractivity contribution in [2.45, 2.75) is 45.3 Å². The summed E-state index contributed by atoms with van der Waals surface area (Å²) in [6.07, 6.45) is 4.14. The highest BCUT2D eigenvalue weighted by Gasteiger charge is 2.30. The van der Waals surface area contributed by atoms with Gasteiger partial charge in [-0.3, -0.25) is 19.6 Å². The van der Waals surface area contributed by atoms with Gasteiger partial charge < -0.3 is 20.1 Å². The summed E-state index contributed by atoms with van der Waals surface area (Å²) in [5, 5.41) is 12.7. The minimum Gasteiger partial charge on any atom is -0.456 e. The van der Waals surface area contributed by atoms with Crippen LogP contribution in [0.25, 0.3) is 0 Å². The number of anilines is 1. The largest absolute Gasteiger partial charge is 0.456 e. The summed E-state index contributed by atoms with van der Waals surface area (Å²) in [5.41, 5.74) is 2.32. The maximum atomic E-state index is 13.2. The zero-order valence-electron chi connectivity index (χ0n) is 20.7. The second-order valence-corrected chi connectivity index (χ2v) is 9.23. The molecule has 1 aliphatic rings. The molecule has 1 unspecified atom stereocenters. The van der Waals surface area contributed by atoms with Crippen LogP contribution in [0, 0.1) is 18.8 Å². The van der Waals surface area contributed by atoms with E-state index >= 15 is 0 Å². The van der Waals surface area contributed by atoms with E-state index in [2.05, 4.69) is 27.1 Å². The van der Waals surface area contributed by atoms with Crippen LogP contribution in [0.3, 0.4) is 0 Å². The van der Waals surface area contributed by atoms with Gasteiger partial charge in [0.2, 0.25) is 5.91 Å². The van der Waals surface area contributed by atoms with E-state index in [9.17, 15) is 14.7 Å². The van der Waals surface area contributed by atoms with Crippen molar-refractivity contribution in [3.05, 3.63) is 77.4 Å². The first kappa shape index (κ1) is 24.9. The number of aromatic nitrogens is 2. The molecule has 0 saturated heterocycles. The third-order valence-electron chi connectivity index (χ3n) is 5.68. The van der Waals surface area contributed by atoms with Crippen LogP contribution in [-0.2, 0) is 11.2 Å². The average molecular weight is 485 g/mol. The number of aryl methyl sites for hydroxylation is 2. The number of hydrogen-bond donors (Lipinski definition) is 2. The number of hydrogen-bond acceptors (Lipinski definition) is 6. The highest BCUT2D eigenvalue weighted by molar-refractivity contribution is 6.02. The summed E-state index contributed by atoms with van der Waals surface area (Å²) in [4.78, 5) is 36.1. The van der Waals surface area contributed by atoms with Crippen LogP contribution < -0.4 is 15.0 Å². The van der Waals surface area contributed by atoms with Gasteiger partial charge in [0.1, 0.15) is 28.8 Å². The topological polar surface area (TPSA) is 105 Å². The summed E-state index contributed by atoms with van der Waals surface area (Å²) in [6.45, 7) is 5.11. The molecule has 36 heavy (non-hydrogen) atoms. The second kappa shape index (κ2) is 10.2. The number of nitrogens with zero attached hydrogens (tertiary/aromatic N) is 3. The first-order valence-corrected chi connectivity index (χ1v) is 11.6. The Hall–Kier alpha value is -4.22. The van der Waals surface area contributed by atoms with Crippen LogP contribution >= 0.6 is 0 Å². The summed E-state index contributed by atoms with van der Waals surface area (Å²) in [6, 6.07) is 11.7. The van der Waals surface area contributed by atoms with Crippen molar-refractivity contribution in [2.24, 2.45) is 0 Å². The SMILES string of the molecule is Cc1ccc(Oc2ccnc(C(=O)NC3CCc4ccc(C#CC(C)(C)O)cc4N(C)C3=O)c2)cn1. The van der Waals surface area contributed by atoms with Crippen molar-refractivity contribution in [2.75, 3.05) is 11.9 Å². The zero-order valence-corrected chi connectivity index (χ0v) is 20.7. The lowest BCUT2D eigenvalue weighted by Gasteiger charge is -2.22. The lowest BCUT2D eigenvalue weighted by molar-refractivity contribution is -0.120. The van der Waals surface area contributed by atoms with Gasteiger partial charge in [-0.2, -0.15) is 0 Å². The number of carbonyl (C=O) groups excluding carboxylic acids is 2. The molecule has 2 N–H and O–H groups in total. The molecule has 2 aromatic heterocycles. The first-order chi connectivity index (χ1) is 17.1. The number of aliphatic hydroxyl groups is 1. The molecule has 1 aromatic carbocycles. The Labute approximate surface area is 210 Å². The van der Waals surface area contributed by atoms with Gasteiger partial charge in [-0.05, 0) is 69.5 Å². The summed E-state index contributed by atoms with van der Waals surface area (Å²) in [7, 11) is 1.68. The number of rotatable bonds is 4. The van der Waals surface area contributed by atoms with Crippen molar-refractivity contribution in [3.63, 3.8) is 0 Å². The van der Waals surface area contributed by atoms with Crippen LogP contribution in [0.15, 0.2) is 54.9 Å². The van der Waals surface area contributed by atoms with E-state index in [1.165, 1.54) is 12.3 Å². The van der Waals surface area contributed by atoms with Crippen LogP contribution in [0.5, 0.6) is 11.5 Å². The molecule has 8 nitrogen and oxygen atoms in total. The smallest absolute Gasteiger partial charge is 0.270 e. The van der Waals surface area contributed by atoms with Crippen molar-refractivity contribution >= 4 is 17.5 Å². The quantitative estimate of drug-likeness (QED) is 0.550. The van der Waals surface area contributed by atoms with Gasteiger partial charge in [0.25, 0.3) is 5.91 Å². The molecule has 184 valence electrons. The number of nitrogens with one attached hydrogen (secondary N) is 1. The van der Waals surface area contributed by atoms with E-state index < -0.39 is 17.6 Å². The van der Waals surface area contributed by atoms with E-state index in [1.807, 2.05) is 31.2 Å². The zero-order chi connectivity index (χ0) is 25.9. The average Bonchev–Trinajstić information content (AvgIpc) is 2.96. The van der Waals surface area contributed by atoms with Crippen molar-refractivity contribution in [1.29, 1.82) is 0 Å². The van der Waals surface area contributed by atoms with Crippen molar-refractivity contribution in [1.82, 2.24) is 15.3 Å².